The fourth-order valence-electron chi connectivity index (χ4n) is 2.94. The second-order valence-electron chi connectivity index (χ2n) is 6.35. The van der Waals surface area contributed by atoms with E-state index in [0.717, 1.165) is 33.7 Å². The SMILES string of the molecule is Nc1nc(-c2ccc3ccccc3c2)c(N=Nc2cc(C(=O)O)cc(C(=O)O)c2)s1. The smallest absolute Gasteiger partial charge is 0.335 e. The van der Waals surface area contributed by atoms with Crippen LogP contribution in [0.4, 0.5) is 15.8 Å². The maximum atomic E-state index is 11.3. The number of carboxylic acids is 2. The number of carbonyl (C=O) groups is 2. The van der Waals surface area contributed by atoms with Gasteiger partial charge in [0.05, 0.1) is 16.8 Å². The van der Waals surface area contributed by atoms with Gasteiger partial charge in [-0.05, 0) is 35.0 Å². The summed E-state index contributed by atoms with van der Waals surface area (Å²) < 4.78 is 0. The van der Waals surface area contributed by atoms with Crippen molar-refractivity contribution in [3.63, 3.8) is 0 Å². The van der Waals surface area contributed by atoms with Gasteiger partial charge in [0.1, 0.15) is 5.69 Å². The molecule has 0 aliphatic rings. The van der Waals surface area contributed by atoms with Gasteiger partial charge in [0.25, 0.3) is 0 Å². The number of hydrogen-bond donors (Lipinski definition) is 3. The molecule has 1 aromatic heterocycles. The molecule has 30 heavy (non-hydrogen) atoms. The van der Waals surface area contributed by atoms with E-state index in [2.05, 4.69) is 15.2 Å². The van der Waals surface area contributed by atoms with E-state index in [4.69, 9.17) is 5.73 Å². The third-order valence-electron chi connectivity index (χ3n) is 4.32. The van der Waals surface area contributed by atoms with Gasteiger partial charge in [-0.25, -0.2) is 14.6 Å². The zero-order valence-electron chi connectivity index (χ0n) is 15.3. The molecule has 148 valence electrons. The van der Waals surface area contributed by atoms with Crippen molar-refractivity contribution in [2.75, 3.05) is 5.73 Å². The second kappa shape index (κ2) is 7.72. The zero-order chi connectivity index (χ0) is 21.3. The van der Waals surface area contributed by atoms with Crippen LogP contribution in [-0.2, 0) is 0 Å². The number of aromatic carboxylic acids is 2. The van der Waals surface area contributed by atoms with E-state index in [0.29, 0.717) is 15.8 Å². The molecular formula is C21H14N4O4S. The number of nitrogens with zero attached hydrogens (tertiary/aromatic N) is 3. The van der Waals surface area contributed by atoms with Crippen molar-refractivity contribution >= 4 is 49.9 Å². The molecule has 0 saturated heterocycles. The van der Waals surface area contributed by atoms with Gasteiger partial charge >= 0.3 is 11.9 Å². The maximum absolute atomic E-state index is 11.3. The molecule has 0 saturated carbocycles. The van der Waals surface area contributed by atoms with Crippen LogP contribution < -0.4 is 5.73 Å². The average Bonchev–Trinajstić information content (AvgIpc) is 3.12. The van der Waals surface area contributed by atoms with Gasteiger partial charge in [0.2, 0.25) is 0 Å². The molecule has 1 heterocycles. The fourth-order valence-corrected chi connectivity index (χ4v) is 3.62. The number of fused-ring (bicyclic) bond motifs is 1. The first kappa shape index (κ1) is 19.2. The Morgan fingerprint density at radius 3 is 2.20 bits per heavy atom. The normalized spacial score (nSPS) is 11.2. The highest BCUT2D eigenvalue weighted by Gasteiger charge is 2.14. The summed E-state index contributed by atoms with van der Waals surface area (Å²) in [5, 5.41) is 29.4. The first-order chi connectivity index (χ1) is 14.4. The lowest BCUT2D eigenvalue weighted by atomic mass is 10.1. The lowest BCUT2D eigenvalue weighted by Crippen LogP contribution is -2.01. The van der Waals surface area contributed by atoms with E-state index < -0.39 is 11.9 Å². The molecule has 4 N–H and O–H groups in total. The van der Waals surface area contributed by atoms with Crippen molar-refractivity contribution < 1.29 is 19.8 Å². The van der Waals surface area contributed by atoms with E-state index in [1.807, 2.05) is 42.5 Å². The lowest BCUT2D eigenvalue weighted by molar-refractivity contribution is 0.0696. The highest BCUT2D eigenvalue weighted by atomic mass is 32.1. The summed E-state index contributed by atoms with van der Waals surface area (Å²) in [7, 11) is 0. The molecule has 0 aliphatic carbocycles. The number of nitrogen functional groups attached to an aromatic ring is 1. The molecule has 8 nitrogen and oxygen atoms in total. The number of rotatable bonds is 5. The van der Waals surface area contributed by atoms with Crippen LogP contribution in [0, 0.1) is 0 Å². The molecule has 0 aliphatic heterocycles. The Morgan fingerprint density at radius 2 is 1.53 bits per heavy atom. The number of thiazole rings is 1. The zero-order valence-corrected chi connectivity index (χ0v) is 16.1. The minimum absolute atomic E-state index is 0.101. The summed E-state index contributed by atoms with van der Waals surface area (Å²) >= 11 is 1.13. The number of nitrogens with two attached hydrogens (primary N) is 1. The molecule has 0 unspecified atom stereocenters. The largest absolute Gasteiger partial charge is 0.478 e. The molecule has 0 bridgehead atoms. The van der Waals surface area contributed by atoms with Gasteiger partial charge in [0.15, 0.2) is 10.1 Å². The van der Waals surface area contributed by atoms with Gasteiger partial charge in [-0.1, -0.05) is 47.7 Å². The molecule has 0 atom stereocenters. The van der Waals surface area contributed by atoms with Crippen LogP contribution in [0.25, 0.3) is 22.0 Å². The number of hydrogen-bond acceptors (Lipinski definition) is 7. The minimum atomic E-state index is -1.26. The fraction of sp³-hybridized carbons (Fsp3) is 0. The second-order valence-corrected chi connectivity index (χ2v) is 7.36. The maximum Gasteiger partial charge on any atom is 0.335 e. The average molecular weight is 418 g/mol. The van der Waals surface area contributed by atoms with Crippen molar-refractivity contribution in [2.24, 2.45) is 10.2 Å². The van der Waals surface area contributed by atoms with Crippen molar-refractivity contribution in [1.29, 1.82) is 0 Å². The Balaban J connectivity index is 1.75. The summed E-state index contributed by atoms with van der Waals surface area (Å²) in [6.07, 6.45) is 0. The van der Waals surface area contributed by atoms with Gasteiger partial charge < -0.3 is 15.9 Å². The summed E-state index contributed by atoms with van der Waals surface area (Å²) in [6, 6.07) is 17.3. The standard InChI is InChI=1S/C21H14N4O4S/c22-21-23-17(13-6-5-11-3-1-2-4-12(11)7-13)18(30-21)25-24-16-9-14(19(26)27)8-15(10-16)20(28)29/h1-10H,(H2,22,23)(H,26,27)(H,28,29). The summed E-state index contributed by atoms with van der Waals surface area (Å²) in [5.74, 6) is -2.51. The van der Waals surface area contributed by atoms with Gasteiger partial charge in [-0.15, -0.1) is 10.2 Å². The van der Waals surface area contributed by atoms with Crippen LogP contribution in [0.5, 0.6) is 0 Å². The van der Waals surface area contributed by atoms with E-state index in [9.17, 15) is 19.8 Å². The van der Waals surface area contributed by atoms with Crippen molar-refractivity contribution in [3.05, 3.63) is 71.8 Å². The van der Waals surface area contributed by atoms with Crippen LogP contribution in [-0.4, -0.2) is 27.1 Å². The van der Waals surface area contributed by atoms with Crippen LogP contribution in [0.1, 0.15) is 20.7 Å². The minimum Gasteiger partial charge on any atom is -0.478 e. The van der Waals surface area contributed by atoms with Crippen LogP contribution in [0.2, 0.25) is 0 Å². The Kier molecular flexibility index (Phi) is 4.95. The van der Waals surface area contributed by atoms with Gasteiger partial charge in [0, 0.05) is 5.56 Å². The van der Waals surface area contributed by atoms with Crippen LogP contribution in [0.15, 0.2) is 70.9 Å². The number of azo groups is 1. The third-order valence-corrected chi connectivity index (χ3v) is 5.09. The van der Waals surface area contributed by atoms with Crippen molar-refractivity contribution in [2.45, 2.75) is 0 Å². The van der Waals surface area contributed by atoms with E-state index in [1.165, 1.54) is 12.1 Å². The Hall–Kier alpha value is -4.11. The van der Waals surface area contributed by atoms with Gasteiger partial charge in [-0.3, -0.25) is 0 Å². The summed E-state index contributed by atoms with van der Waals surface area (Å²) in [4.78, 5) is 26.9. The van der Waals surface area contributed by atoms with E-state index >= 15 is 0 Å². The molecule has 0 spiro atoms. The Labute approximate surface area is 174 Å². The lowest BCUT2D eigenvalue weighted by Gasteiger charge is -2.02. The first-order valence-corrected chi connectivity index (χ1v) is 9.51. The predicted octanol–water partition coefficient (Wildman–Crippen LogP) is 5.36. The Bertz CT molecular complexity index is 1300. The van der Waals surface area contributed by atoms with Crippen molar-refractivity contribution in [1.82, 2.24) is 4.98 Å². The summed E-state index contributed by atoms with van der Waals surface area (Å²) in [5.41, 5.74) is 6.94. The highest BCUT2D eigenvalue weighted by molar-refractivity contribution is 7.19. The highest BCUT2D eigenvalue weighted by Crippen LogP contribution is 2.38. The summed E-state index contributed by atoms with van der Waals surface area (Å²) in [6.45, 7) is 0. The number of benzene rings is 3. The monoisotopic (exact) mass is 418 g/mol. The molecular weight excluding hydrogens is 404 g/mol. The first-order valence-electron chi connectivity index (χ1n) is 8.69. The Morgan fingerprint density at radius 1 is 0.867 bits per heavy atom. The topological polar surface area (TPSA) is 138 Å². The number of carboxylic acid groups (broad SMARTS) is 2. The predicted molar refractivity (Wildman–Crippen MR) is 114 cm³/mol. The van der Waals surface area contributed by atoms with Gasteiger partial charge in [-0.2, -0.15) is 0 Å². The molecule has 0 radical (unpaired) electrons. The number of anilines is 1. The third kappa shape index (κ3) is 3.87. The molecule has 4 rings (SSSR count). The molecule has 9 heteroatoms. The quantitative estimate of drug-likeness (QED) is 0.373. The van der Waals surface area contributed by atoms with Crippen LogP contribution >= 0.6 is 11.3 Å². The molecule has 0 fully saturated rings. The van der Waals surface area contributed by atoms with Crippen LogP contribution in [0.3, 0.4) is 0 Å². The molecule has 3 aromatic carbocycles. The number of aromatic nitrogens is 1. The van der Waals surface area contributed by atoms with E-state index in [1.54, 1.807) is 0 Å². The molecule has 0 amide bonds. The molecule has 4 aromatic rings. The van der Waals surface area contributed by atoms with E-state index in [-0.39, 0.29) is 16.8 Å². The van der Waals surface area contributed by atoms with Crippen molar-refractivity contribution in [3.8, 4) is 11.3 Å².